The Morgan fingerprint density at radius 1 is 1.40 bits per heavy atom. The molecule has 0 N–H and O–H groups in total. The van der Waals surface area contributed by atoms with Crippen molar-refractivity contribution in [2.75, 3.05) is 13.7 Å². The minimum atomic E-state index is -0.0719. The maximum Gasteiger partial charge on any atom is 0.255 e. The molecule has 4 heteroatoms. The van der Waals surface area contributed by atoms with Crippen molar-refractivity contribution in [3.05, 3.63) is 29.8 Å². The lowest BCUT2D eigenvalue weighted by Gasteiger charge is -2.32. The van der Waals surface area contributed by atoms with Gasteiger partial charge in [-0.1, -0.05) is 25.3 Å². The molecule has 0 spiro atoms. The van der Waals surface area contributed by atoms with E-state index >= 15 is 0 Å². The monoisotopic (exact) mass is 272 g/mol. The number of nitriles is 1. The number of nitrogens with zero attached hydrogens (tertiary/aromatic N) is 2. The molecule has 1 saturated carbocycles. The quantitative estimate of drug-likeness (QED) is 0.792. The molecule has 1 aromatic carbocycles. The maximum absolute atomic E-state index is 12.6. The Morgan fingerprint density at radius 2 is 2.15 bits per heavy atom. The molecule has 0 aromatic heterocycles. The number of hydrogen-bond acceptors (Lipinski definition) is 3. The zero-order chi connectivity index (χ0) is 14.4. The highest BCUT2D eigenvalue weighted by atomic mass is 16.5. The maximum atomic E-state index is 12.6. The van der Waals surface area contributed by atoms with Crippen LogP contribution in [0.3, 0.4) is 0 Å². The Bertz CT molecular complexity index is 501. The van der Waals surface area contributed by atoms with Gasteiger partial charge in [-0.3, -0.25) is 4.79 Å². The highest BCUT2D eigenvalue weighted by Gasteiger charge is 2.26. The molecular formula is C16H20N2O2. The van der Waals surface area contributed by atoms with Crippen LogP contribution >= 0.6 is 0 Å². The first-order chi connectivity index (χ1) is 9.76. The van der Waals surface area contributed by atoms with Crippen LogP contribution in [0.5, 0.6) is 5.75 Å². The molecule has 1 aliphatic rings. The van der Waals surface area contributed by atoms with Gasteiger partial charge in [0, 0.05) is 11.6 Å². The lowest BCUT2D eigenvalue weighted by molar-refractivity contribution is 0.0666. The van der Waals surface area contributed by atoms with E-state index in [1.165, 1.54) is 6.42 Å². The van der Waals surface area contributed by atoms with Gasteiger partial charge in [-0.2, -0.15) is 5.26 Å². The summed E-state index contributed by atoms with van der Waals surface area (Å²) < 4.78 is 5.15. The third-order valence-electron chi connectivity index (χ3n) is 3.83. The Balaban J connectivity index is 2.19. The van der Waals surface area contributed by atoms with Crippen LogP contribution in [0.15, 0.2) is 24.3 Å². The van der Waals surface area contributed by atoms with Crippen molar-refractivity contribution in [2.24, 2.45) is 0 Å². The first kappa shape index (κ1) is 14.4. The summed E-state index contributed by atoms with van der Waals surface area (Å²) >= 11 is 0. The smallest absolute Gasteiger partial charge is 0.255 e. The normalized spacial score (nSPS) is 15.4. The summed E-state index contributed by atoms with van der Waals surface area (Å²) in [5.41, 5.74) is 0.588. The number of rotatable bonds is 4. The van der Waals surface area contributed by atoms with Crippen LogP contribution in [0.4, 0.5) is 0 Å². The summed E-state index contributed by atoms with van der Waals surface area (Å²) in [6.45, 7) is 0.153. The second kappa shape index (κ2) is 6.95. The highest BCUT2D eigenvalue weighted by Crippen LogP contribution is 2.24. The van der Waals surface area contributed by atoms with Gasteiger partial charge < -0.3 is 9.64 Å². The summed E-state index contributed by atoms with van der Waals surface area (Å²) in [6, 6.07) is 9.44. The predicted octanol–water partition coefficient (Wildman–Crippen LogP) is 2.99. The molecular weight excluding hydrogens is 252 g/mol. The Hall–Kier alpha value is -2.02. The molecule has 1 fully saturated rings. The van der Waals surface area contributed by atoms with Crippen LogP contribution in [0, 0.1) is 11.3 Å². The van der Waals surface area contributed by atoms with Crippen molar-refractivity contribution in [1.29, 1.82) is 5.26 Å². The second-order valence-corrected chi connectivity index (χ2v) is 5.11. The summed E-state index contributed by atoms with van der Waals surface area (Å²) in [4.78, 5) is 14.3. The van der Waals surface area contributed by atoms with E-state index in [4.69, 9.17) is 10.00 Å². The van der Waals surface area contributed by atoms with Crippen LogP contribution < -0.4 is 4.74 Å². The van der Waals surface area contributed by atoms with Crippen LogP contribution in [-0.4, -0.2) is 30.5 Å². The SMILES string of the molecule is COc1cccc(C(=O)N(CC#N)C2CCCCC2)c1. The van der Waals surface area contributed by atoms with E-state index in [1.807, 2.05) is 6.07 Å². The lowest BCUT2D eigenvalue weighted by Crippen LogP contribution is -2.41. The summed E-state index contributed by atoms with van der Waals surface area (Å²) in [6.07, 6.45) is 5.50. The van der Waals surface area contributed by atoms with Crippen LogP contribution in [0.1, 0.15) is 42.5 Å². The van der Waals surface area contributed by atoms with Crippen LogP contribution in [0.2, 0.25) is 0 Å². The molecule has 1 aliphatic carbocycles. The van der Waals surface area contributed by atoms with E-state index in [2.05, 4.69) is 6.07 Å². The molecule has 1 amide bonds. The minimum absolute atomic E-state index is 0.0719. The van der Waals surface area contributed by atoms with Gasteiger partial charge in [0.15, 0.2) is 0 Å². The van der Waals surface area contributed by atoms with E-state index < -0.39 is 0 Å². The number of amides is 1. The molecule has 20 heavy (non-hydrogen) atoms. The molecule has 0 heterocycles. The second-order valence-electron chi connectivity index (χ2n) is 5.11. The van der Waals surface area contributed by atoms with E-state index in [0.29, 0.717) is 11.3 Å². The largest absolute Gasteiger partial charge is 0.497 e. The van der Waals surface area contributed by atoms with Crippen LogP contribution in [0.25, 0.3) is 0 Å². The zero-order valence-electron chi connectivity index (χ0n) is 11.8. The predicted molar refractivity (Wildman–Crippen MR) is 76.5 cm³/mol. The van der Waals surface area contributed by atoms with Gasteiger partial charge in [0.25, 0.3) is 5.91 Å². The van der Waals surface area contributed by atoms with Gasteiger partial charge in [0.2, 0.25) is 0 Å². The van der Waals surface area contributed by atoms with Gasteiger partial charge in [-0.05, 0) is 31.0 Å². The molecule has 0 radical (unpaired) electrons. The van der Waals surface area contributed by atoms with Crippen molar-refractivity contribution >= 4 is 5.91 Å². The van der Waals surface area contributed by atoms with E-state index in [1.54, 1.807) is 30.2 Å². The van der Waals surface area contributed by atoms with Crippen molar-refractivity contribution in [2.45, 2.75) is 38.1 Å². The molecule has 1 aromatic rings. The van der Waals surface area contributed by atoms with Gasteiger partial charge in [-0.25, -0.2) is 0 Å². The average molecular weight is 272 g/mol. The Labute approximate surface area is 120 Å². The first-order valence-corrected chi connectivity index (χ1v) is 7.08. The molecule has 4 nitrogen and oxygen atoms in total. The van der Waals surface area contributed by atoms with Gasteiger partial charge in [-0.15, -0.1) is 0 Å². The zero-order valence-corrected chi connectivity index (χ0v) is 11.8. The summed E-state index contributed by atoms with van der Waals surface area (Å²) in [5.74, 6) is 0.591. The fraction of sp³-hybridized carbons (Fsp3) is 0.500. The molecule has 0 aliphatic heterocycles. The summed E-state index contributed by atoms with van der Waals surface area (Å²) in [7, 11) is 1.58. The topological polar surface area (TPSA) is 53.3 Å². The standard InChI is InChI=1S/C16H20N2O2/c1-20-15-9-5-6-13(12-15)16(19)18(11-10-17)14-7-3-2-4-8-14/h5-6,9,12,14H,2-4,7-8,11H2,1H3. The molecule has 0 unspecified atom stereocenters. The molecule has 0 atom stereocenters. The molecule has 2 rings (SSSR count). The fourth-order valence-corrected chi connectivity index (χ4v) is 2.76. The number of ether oxygens (including phenoxy) is 1. The van der Waals surface area contributed by atoms with E-state index in [0.717, 1.165) is 25.7 Å². The third-order valence-corrected chi connectivity index (χ3v) is 3.83. The number of methoxy groups -OCH3 is 1. The molecule has 0 saturated heterocycles. The fourth-order valence-electron chi connectivity index (χ4n) is 2.76. The highest BCUT2D eigenvalue weighted by molar-refractivity contribution is 5.95. The van der Waals surface area contributed by atoms with Crippen LogP contribution in [-0.2, 0) is 0 Å². The molecule has 0 bridgehead atoms. The van der Waals surface area contributed by atoms with Crippen molar-refractivity contribution in [3.8, 4) is 11.8 Å². The van der Waals surface area contributed by atoms with Crippen molar-refractivity contribution in [1.82, 2.24) is 4.90 Å². The van der Waals surface area contributed by atoms with Crippen molar-refractivity contribution < 1.29 is 9.53 Å². The van der Waals surface area contributed by atoms with Gasteiger partial charge >= 0.3 is 0 Å². The van der Waals surface area contributed by atoms with Gasteiger partial charge in [0.05, 0.1) is 13.2 Å². The van der Waals surface area contributed by atoms with Gasteiger partial charge in [0.1, 0.15) is 12.3 Å². The average Bonchev–Trinajstić information content (AvgIpc) is 2.53. The van der Waals surface area contributed by atoms with Crippen molar-refractivity contribution in [3.63, 3.8) is 0 Å². The Morgan fingerprint density at radius 3 is 2.80 bits per heavy atom. The Kier molecular flexibility index (Phi) is 5.00. The number of hydrogen-bond donors (Lipinski definition) is 0. The minimum Gasteiger partial charge on any atom is -0.497 e. The lowest BCUT2D eigenvalue weighted by atomic mass is 9.93. The third kappa shape index (κ3) is 3.30. The number of carbonyl (C=O) groups excluding carboxylic acids is 1. The number of benzene rings is 1. The molecule has 106 valence electrons. The van der Waals surface area contributed by atoms with E-state index in [9.17, 15) is 4.79 Å². The number of carbonyl (C=O) groups is 1. The van der Waals surface area contributed by atoms with E-state index in [-0.39, 0.29) is 18.5 Å². The summed E-state index contributed by atoms with van der Waals surface area (Å²) in [5, 5.41) is 9.00. The first-order valence-electron chi connectivity index (χ1n) is 7.08.